The van der Waals surface area contributed by atoms with E-state index in [0.717, 1.165) is 5.56 Å². The monoisotopic (exact) mass is 348 g/mol. The van der Waals surface area contributed by atoms with Gasteiger partial charge in [-0.3, -0.25) is 4.79 Å². The third-order valence-electron chi connectivity index (χ3n) is 4.16. The molecule has 0 bridgehead atoms. The minimum absolute atomic E-state index is 0.0905. The Morgan fingerprint density at radius 2 is 2.04 bits per heavy atom. The molecule has 7 heteroatoms. The fourth-order valence-electron chi connectivity index (χ4n) is 3.13. The van der Waals surface area contributed by atoms with Gasteiger partial charge in [-0.2, -0.15) is 0 Å². The standard InChI is InChI=1S/C17H20N2O4S/c1-12-9-15(16(23-12)14-5-3-2-4-6-14)17(20)19-8-7-13(10-19)11-24(18,21)22/h2-6,9,13H,7-8,10-11H2,1H3,(H2,18,21,22). The molecule has 0 aliphatic carbocycles. The number of furan rings is 1. The van der Waals surface area contributed by atoms with Gasteiger partial charge < -0.3 is 9.32 Å². The van der Waals surface area contributed by atoms with Crippen LogP contribution in [0.5, 0.6) is 0 Å². The second kappa shape index (κ2) is 6.41. The third-order valence-corrected chi connectivity index (χ3v) is 5.10. The van der Waals surface area contributed by atoms with Gasteiger partial charge >= 0.3 is 0 Å². The van der Waals surface area contributed by atoms with Crippen LogP contribution in [0.25, 0.3) is 11.3 Å². The van der Waals surface area contributed by atoms with Crippen LogP contribution >= 0.6 is 0 Å². The summed E-state index contributed by atoms with van der Waals surface area (Å²) in [6, 6.07) is 11.2. The summed E-state index contributed by atoms with van der Waals surface area (Å²) in [6.07, 6.45) is 0.639. The van der Waals surface area contributed by atoms with Crippen LogP contribution in [0.15, 0.2) is 40.8 Å². The van der Waals surface area contributed by atoms with E-state index >= 15 is 0 Å². The van der Waals surface area contributed by atoms with Gasteiger partial charge in [0.15, 0.2) is 0 Å². The lowest BCUT2D eigenvalue weighted by Gasteiger charge is -2.16. The number of aryl methyl sites for hydroxylation is 1. The minimum atomic E-state index is -3.52. The SMILES string of the molecule is Cc1cc(C(=O)N2CCC(CS(N)(=O)=O)C2)c(-c2ccccc2)o1. The molecule has 1 unspecified atom stereocenters. The van der Waals surface area contributed by atoms with Crippen LogP contribution in [-0.2, 0) is 10.0 Å². The number of carbonyl (C=O) groups excluding carboxylic acids is 1. The zero-order valence-electron chi connectivity index (χ0n) is 13.4. The molecule has 1 amide bonds. The largest absolute Gasteiger partial charge is 0.461 e. The number of carbonyl (C=O) groups is 1. The van der Waals surface area contributed by atoms with Crippen LogP contribution in [0.2, 0.25) is 0 Å². The summed E-state index contributed by atoms with van der Waals surface area (Å²) < 4.78 is 28.2. The maximum absolute atomic E-state index is 12.9. The summed E-state index contributed by atoms with van der Waals surface area (Å²) in [5, 5.41) is 5.11. The molecule has 0 saturated carbocycles. The Kier molecular flexibility index (Phi) is 4.47. The zero-order valence-corrected chi connectivity index (χ0v) is 14.3. The molecule has 1 aromatic carbocycles. The molecular weight excluding hydrogens is 328 g/mol. The van der Waals surface area contributed by atoms with Crippen LogP contribution < -0.4 is 5.14 Å². The Morgan fingerprint density at radius 1 is 1.33 bits per heavy atom. The lowest BCUT2D eigenvalue weighted by atomic mass is 10.1. The molecule has 2 aromatic rings. The zero-order chi connectivity index (χ0) is 17.3. The van der Waals surface area contributed by atoms with E-state index in [9.17, 15) is 13.2 Å². The van der Waals surface area contributed by atoms with Crippen LogP contribution in [-0.4, -0.2) is 38.1 Å². The van der Waals surface area contributed by atoms with E-state index in [0.29, 0.717) is 36.6 Å². The fraction of sp³-hybridized carbons (Fsp3) is 0.353. The van der Waals surface area contributed by atoms with E-state index in [4.69, 9.17) is 9.56 Å². The predicted octanol–water partition coefficient (Wildman–Crippen LogP) is 2.01. The number of hydrogen-bond acceptors (Lipinski definition) is 4. The Labute approximate surface area is 141 Å². The van der Waals surface area contributed by atoms with Crippen molar-refractivity contribution in [1.29, 1.82) is 0 Å². The van der Waals surface area contributed by atoms with Gasteiger partial charge in [-0.05, 0) is 25.3 Å². The molecule has 128 valence electrons. The van der Waals surface area contributed by atoms with Crippen molar-refractivity contribution in [3.63, 3.8) is 0 Å². The number of rotatable bonds is 4. The molecule has 2 heterocycles. The summed E-state index contributed by atoms with van der Waals surface area (Å²) in [6.45, 7) is 2.72. The Bertz CT molecular complexity index is 843. The molecular formula is C17H20N2O4S. The van der Waals surface area contributed by atoms with Gasteiger partial charge in [-0.25, -0.2) is 13.6 Å². The average molecular weight is 348 g/mol. The lowest BCUT2D eigenvalue weighted by molar-refractivity contribution is 0.0788. The predicted molar refractivity (Wildman–Crippen MR) is 90.9 cm³/mol. The van der Waals surface area contributed by atoms with Crippen LogP contribution in [0.4, 0.5) is 0 Å². The first-order valence-electron chi connectivity index (χ1n) is 7.79. The van der Waals surface area contributed by atoms with E-state index in [2.05, 4.69) is 0 Å². The normalized spacial score (nSPS) is 18.1. The van der Waals surface area contributed by atoms with Crippen LogP contribution in [0.3, 0.4) is 0 Å². The van der Waals surface area contributed by atoms with Crippen molar-refractivity contribution in [2.24, 2.45) is 11.1 Å². The van der Waals surface area contributed by atoms with Crippen molar-refractivity contribution in [3.05, 3.63) is 47.7 Å². The molecule has 1 aliphatic heterocycles. The first kappa shape index (κ1) is 16.7. The maximum atomic E-state index is 12.9. The second-order valence-corrected chi connectivity index (χ2v) is 7.86. The highest BCUT2D eigenvalue weighted by Gasteiger charge is 2.31. The first-order valence-corrected chi connectivity index (χ1v) is 9.50. The molecule has 1 fully saturated rings. The van der Waals surface area contributed by atoms with Crippen LogP contribution in [0, 0.1) is 12.8 Å². The maximum Gasteiger partial charge on any atom is 0.257 e. The number of primary sulfonamides is 1. The third kappa shape index (κ3) is 3.68. The number of likely N-dealkylation sites (tertiary alicyclic amines) is 1. The highest BCUT2D eigenvalue weighted by Crippen LogP contribution is 2.29. The summed E-state index contributed by atoms with van der Waals surface area (Å²) in [7, 11) is -3.52. The Balaban J connectivity index is 1.82. The summed E-state index contributed by atoms with van der Waals surface area (Å²) >= 11 is 0. The number of hydrogen-bond donors (Lipinski definition) is 1. The lowest BCUT2D eigenvalue weighted by Crippen LogP contribution is -2.30. The molecule has 1 aromatic heterocycles. The quantitative estimate of drug-likeness (QED) is 0.914. The minimum Gasteiger partial charge on any atom is -0.461 e. The Morgan fingerprint density at radius 3 is 2.71 bits per heavy atom. The van der Waals surface area contributed by atoms with Crippen LogP contribution in [0.1, 0.15) is 22.5 Å². The smallest absolute Gasteiger partial charge is 0.257 e. The molecule has 1 saturated heterocycles. The van der Waals surface area contributed by atoms with Gasteiger partial charge in [0, 0.05) is 18.7 Å². The number of nitrogens with zero attached hydrogens (tertiary/aromatic N) is 1. The van der Waals surface area contributed by atoms with Crippen molar-refractivity contribution in [2.45, 2.75) is 13.3 Å². The van der Waals surface area contributed by atoms with E-state index < -0.39 is 10.0 Å². The van der Waals surface area contributed by atoms with Crippen molar-refractivity contribution < 1.29 is 17.6 Å². The summed E-state index contributed by atoms with van der Waals surface area (Å²) in [5.74, 6) is 0.873. The van der Waals surface area contributed by atoms with E-state index in [1.54, 1.807) is 17.9 Å². The number of sulfonamides is 1. The van der Waals surface area contributed by atoms with Gasteiger partial charge in [0.05, 0.1) is 11.3 Å². The highest BCUT2D eigenvalue weighted by molar-refractivity contribution is 7.89. The molecule has 1 atom stereocenters. The molecule has 0 radical (unpaired) electrons. The topological polar surface area (TPSA) is 93.6 Å². The van der Waals surface area contributed by atoms with Crippen molar-refractivity contribution in [1.82, 2.24) is 4.90 Å². The van der Waals surface area contributed by atoms with Gasteiger partial charge in [0.2, 0.25) is 10.0 Å². The van der Waals surface area contributed by atoms with E-state index in [1.165, 1.54) is 0 Å². The Hall–Kier alpha value is -2.12. The van der Waals surface area contributed by atoms with Gasteiger partial charge in [0.1, 0.15) is 11.5 Å². The molecule has 1 aliphatic rings. The van der Waals surface area contributed by atoms with Gasteiger partial charge in [0.25, 0.3) is 5.91 Å². The highest BCUT2D eigenvalue weighted by atomic mass is 32.2. The average Bonchev–Trinajstić information content (AvgIpc) is 3.12. The first-order chi connectivity index (χ1) is 11.3. The van der Waals surface area contributed by atoms with Gasteiger partial charge in [-0.1, -0.05) is 30.3 Å². The number of amides is 1. The number of benzene rings is 1. The van der Waals surface area contributed by atoms with Crippen molar-refractivity contribution >= 4 is 15.9 Å². The molecule has 3 rings (SSSR count). The molecule has 0 spiro atoms. The summed E-state index contributed by atoms with van der Waals surface area (Å²) in [4.78, 5) is 14.5. The fourth-order valence-corrected chi connectivity index (χ4v) is 4.06. The second-order valence-electron chi connectivity index (χ2n) is 6.20. The molecule has 6 nitrogen and oxygen atoms in total. The van der Waals surface area contributed by atoms with E-state index in [1.807, 2.05) is 30.3 Å². The summed E-state index contributed by atoms with van der Waals surface area (Å²) in [5.41, 5.74) is 1.35. The van der Waals surface area contributed by atoms with E-state index in [-0.39, 0.29) is 17.6 Å². The van der Waals surface area contributed by atoms with Gasteiger partial charge in [-0.15, -0.1) is 0 Å². The molecule has 2 N–H and O–H groups in total. The molecule has 24 heavy (non-hydrogen) atoms. The number of nitrogens with two attached hydrogens (primary N) is 1. The van der Waals surface area contributed by atoms with Crippen molar-refractivity contribution in [3.8, 4) is 11.3 Å². The van der Waals surface area contributed by atoms with Crippen molar-refractivity contribution in [2.75, 3.05) is 18.8 Å².